The molecule has 0 aliphatic rings. The Kier molecular flexibility index (Phi) is 2.03. The monoisotopic (exact) mass is 280 g/mol. The molecule has 0 bridgehead atoms. The van der Waals surface area contributed by atoms with Crippen molar-refractivity contribution in [2.75, 3.05) is 0 Å². The van der Waals surface area contributed by atoms with Gasteiger partial charge in [0, 0.05) is 12.4 Å². The molecule has 3 aromatic rings. The molecule has 0 unspecified atom stereocenters. The predicted molar refractivity (Wildman–Crippen MR) is 61.8 cm³/mol. The van der Waals surface area contributed by atoms with E-state index in [9.17, 15) is 0 Å². The second-order valence-electron chi connectivity index (χ2n) is 2.95. The van der Waals surface area contributed by atoms with Crippen LogP contribution in [-0.2, 0) is 0 Å². The molecule has 0 saturated heterocycles. The summed E-state index contributed by atoms with van der Waals surface area (Å²) in [6.45, 7) is 0. The number of aromatic nitrogens is 4. The van der Waals surface area contributed by atoms with E-state index >= 15 is 0 Å². The molecule has 0 fully saturated rings. The van der Waals surface area contributed by atoms with Gasteiger partial charge in [0.15, 0.2) is 5.65 Å². The maximum atomic E-state index is 4.50. The molecule has 3 aromatic heterocycles. The molecule has 0 radical (unpaired) electrons. The average molecular weight is 281 g/mol. The molecule has 0 saturated carbocycles. The lowest BCUT2D eigenvalue weighted by molar-refractivity contribution is 0.941. The SMILES string of the molecule is Brc1cnn2ccc(-c3ccns3)nc12. The number of rotatable bonds is 1. The number of halogens is 1. The smallest absolute Gasteiger partial charge is 0.169 e. The van der Waals surface area contributed by atoms with Crippen LogP contribution in [0, 0.1) is 0 Å². The van der Waals surface area contributed by atoms with E-state index in [1.165, 1.54) is 11.5 Å². The van der Waals surface area contributed by atoms with Crippen LogP contribution in [0.1, 0.15) is 0 Å². The number of hydrogen-bond acceptors (Lipinski definition) is 4. The first-order valence-corrected chi connectivity index (χ1v) is 5.82. The molecule has 0 amide bonds. The van der Waals surface area contributed by atoms with Crippen molar-refractivity contribution in [1.29, 1.82) is 0 Å². The van der Waals surface area contributed by atoms with E-state index in [0.29, 0.717) is 0 Å². The van der Waals surface area contributed by atoms with Crippen LogP contribution in [0.5, 0.6) is 0 Å². The fourth-order valence-electron chi connectivity index (χ4n) is 1.33. The number of nitrogens with zero attached hydrogens (tertiary/aromatic N) is 4. The molecule has 0 aliphatic carbocycles. The van der Waals surface area contributed by atoms with Crippen molar-refractivity contribution < 1.29 is 0 Å². The molecular weight excluding hydrogens is 276 g/mol. The summed E-state index contributed by atoms with van der Waals surface area (Å²) in [5, 5.41) is 4.14. The average Bonchev–Trinajstić information content (AvgIpc) is 2.88. The van der Waals surface area contributed by atoms with Gasteiger partial charge in [-0.3, -0.25) is 0 Å². The van der Waals surface area contributed by atoms with Gasteiger partial charge >= 0.3 is 0 Å². The van der Waals surface area contributed by atoms with E-state index in [2.05, 4.69) is 30.4 Å². The predicted octanol–water partition coefficient (Wildman–Crippen LogP) is 2.62. The van der Waals surface area contributed by atoms with E-state index in [4.69, 9.17) is 0 Å². The Morgan fingerprint density at radius 3 is 3.07 bits per heavy atom. The van der Waals surface area contributed by atoms with Gasteiger partial charge in [-0.1, -0.05) is 0 Å². The van der Waals surface area contributed by atoms with Gasteiger partial charge in [0.2, 0.25) is 0 Å². The minimum absolute atomic E-state index is 0.820. The van der Waals surface area contributed by atoms with E-state index in [-0.39, 0.29) is 0 Å². The highest BCUT2D eigenvalue weighted by Gasteiger charge is 2.06. The molecule has 0 aliphatic heterocycles. The summed E-state index contributed by atoms with van der Waals surface area (Å²) < 4.78 is 6.68. The Hall–Kier alpha value is -1.27. The summed E-state index contributed by atoms with van der Waals surface area (Å²) in [4.78, 5) is 5.56. The summed E-state index contributed by atoms with van der Waals surface area (Å²) in [6.07, 6.45) is 5.40. The van der Waals surface area contributed by atoms with Gasteiger partial charge < -0.3 is 0 Å². The third-order valence-corrected chi connectivity index (χ3v) is 3.34. The molecule has 0 N–H and O–H groups in total. The Morgan fingerprint density at radius 2 is 2.27 bits per heavy atom. The van der Waals surface area contributed by atoms with E-state index in [1.54, 1.807) is 16.9 Å². The van der Waals surface area contributed by atoms with Crippen LogP contribution in [0.2, 0.25) is 0 Å². The first kappa shape index (κ1) is 8.99. The third kappa shape index (κ3) is 1.46. The molecule has 6 heteroatoms. The highest BCUT2D eigenvalue weighted by Crippen LogP contribution is 2.23. The molecule has 4 nitrogen and oxygen atoms in total. The highest BCUT2D eigenvalue weighted by molar-refractivity contribution is 9.10. The van der Waals surface area contributed by atoms with Crippen molar-refractivity contribution in [2.24, 2.45) is 0 Å². The molecule has 0 spiro atoms. The fourth-order valence-corrected chi connectivity index (χ4v) is 2.25. The Morgan fingerprint density at radius 1 is 1.33 bits per heavy atom. The minimum atomic E-state index is 0.820. The van der Waals surface area contributed by atoms with Crippen LogP contribution in [0.4, 0.5) is 0 Å². The number of hydrogen-bond donors (Lipinski definition) is 0. The van der Waals surface area contributed by atoms with Gasteiger partial charge in [0.1, 0.15) is 0 Å². The van der Waals surface area contributed by atoms with Gasteiger partial charge in [-0.2, -0.15) is 5.10 Å². The fraction of sp³-hybridized carbons (Fsp3) is 0. The van der Waals surface area contributed by atoms with Crippen LogP contribution in [0.25, 0.3) is 16.2 Å². The van der Waals surface area contributed by atoms with Crippen LogP contribution in [-0.4, -0.2) is 19.0 Å². The molecule has 74 valence electrons. The summed E-state index contributed by atoms with van der Waals surface area (Å²) in [7, 11) is 0. The zero-order valence-corrected chi connectivity index (χ0v) is 9.86. The van der Waals surface area contributed by atoms with Gasteiger partial charge in [-0.05, 0) is 39.6 Å². The van der Waals surface area contributed by atoms with Crippen LogP contribution >= 0.6 is 27.5 Å². The largest absolute Gasteiger partial charge is 0.226 e. The van der Waals surface area contributed by atoms with Crippen molar-refractivity contribution in [3.8, 4) is 10.6 Å². The second-order valence-corrected chi connectivity index (χ2v) is 4.64. The van der Waals surface area contributed by atoms with E-state index in [0.717, 1.165) is 20.7 Å². The number of fused-ring (bicyclic) bond motifs is 1. The van der Waals surface area contributed by atoms with Gasteiger partial charge in [0.25, 0.3) is 0 Å². The molecular formula is C9H5BrN4S. The normalized spacial score (nSPS) is 11.0. The molecule has 3 heterocycles. The van der Waals surface area contributed by atoms with Gasteiger partial charge in [-0.15, -0.1) is 0 Å². The summed E-state index contributed by atoms with van der Waals surface area (Å²) in [5.74, 6) is 0. The van der Waals surface area contributed by atoms with Crippen molar-refractivity contribution in [2.45, 2.75) is 0 Å². The summed E-state index contributed by atoms with van der Waals surface area (Å²) in [6, 6.07) is 3.88. The van der Waals surface area contributed by atoms with Crippen molar-refractivity contribution >= 4 is 33.1 Å². The molecule has 0 aromatic carbocycles. The van der Waals surface area contributed by atoms with Crippen molar-refractivity contribution in [1.82, 2.24) is 19.0 Å². The first-order chi connectivity index (χ1) is 7.34. The van der Waals surface area contributed by atoms with Crippen LogP contribution in [0.3, 0.4) is 0 Å². The molecule has 3 rings (SSSR count). The maximum absolute atomic E-state index is 4.50. The minimum Gasteiger partial charge on any atom is -0.226 e. The second kappa shape index (κ2) is 3.39. The lowest BCUT2D eigenvalue weighted by Gasteiger charge is -1.97. The maximum Gasteiger partial charge on any atom is 0.169 e. The Bertz CT molecular complexity index is 602. The summed E-state index contributed by atoms with van der Waals surface area (Å²) in [5.41, 5.74) is 1.74. The van der Waals surface area contributed by atoms with Gasteiger partial charge in [0.05, 0.1) is 21.2 Å². The molecule has 15 heavy (non-hydrogen) atoms. The standard InChI is InChI=1S/C9H5BrN4S/c10-6-5-11-14-4-2-7(13-9(6)14)8-1-3-12-15-8/h1-5H. The Labute approximate surface area is 97.9 Å². The Balaban J connectivity index is 2.25. The quantitative estimate of drug-likeness (QED) is 0.688. The first-order valence-electron chi connectivity index (χ1n) is 4.25. The summed E-state index contributed by atoms with van der Waals surface area (Å²) >= 11 is 4.84. The van der Waals surface area contributed by atoms with Crippen LogP contribution in [0.15, 0.2) is 35.2 Å². The van der Waals surface area contributed by atoms with Crippen molar-refractivity contribution in [3.05, 3.63) is 35.2 Å². The van der Waals surface area contributed by atoms with E-state index in [1.807, 2.05) is 18.3 Å². The zero-order valence-electron chi connectivity index (χ0n) is 7.46. The lowest BCUT2D eigenvalue weighted by Crippen LogP contribution is -1.90. The van der Waals surface area contributed by atoms with Gasteiger partial charge in [-0.25, -0.2) is 13.9 Å². The molecule has 0 atom stereocenters. The van der Waals surface area contributed by atoms with Crippen molar-refractivity contribution in [3.63, 3.8) is 0 Å². The van der Waals surface area contributed by atoms with E-state index < -0.39 is 0 Å². The highest BCUT2D eigenvalue weighted by atomic mass is 79.9. The van der Waals surface area contributed by atoms with Crippen LogP contribution < -0.4 is 0 Å². The zero-order chi connectivity index (χ0) is 10.3. The topological polar surface area (TPSA) is 43.1 Å². The lowest BCUT2D eigenvalue weighted by atomic mass is 10.3. The third-order valence-electron chi connectivity index (χ3n) is 2.02.